The normalized spacial score (nSPS) is 17.1. The third-order valence-electron chi connectivity index (χ3n) is 2.81. The summed E-state index contributed by atoms with van der Waals surface area (Å²) in [6.07, 6.45) is 0. The quantitative estimate of drug-likeness (QED) is 0.775. The minimum absolute atomic E-state index is 0.316. The van der Waals surface area contributed by atoms with E-state index in [1.165, 1.54) is 11.4 Å². The highest BCUT2D eigenvalue weighted by Gasteiger charge is 2.24. The van der Waals surface area contributed by atoms with E-state index in [4.69, 9.17) is 15.2 Å². The molecule has 8 heteroatoms. The van der Waals surface area contributed by atoms with Crippen molar-refractivity contribution in [2.45, 2.75) is 0 Å². The Morgan fingerprint density at radius 1 is 1.37 bits per heavy atom. The second-order valence-corrected chi connectivity index (χ2v) is 5.74. The molecule has 0 saturated carbocycles. The van der Waals surface area contributed by atoms with Crippen molar-refractivity contribution in [1.82, 2.24) is 4.31 Å². The van der Waals surface area contributed by atoms with Gasteiger partial charge in [-0.05, 0) is 12.1 Å². The van der Waals surface area contributed by atoms with Crippen LogP contribution in [0.15, 0.2) is 18.2 Å². The van der Waals surface area contributed by atoms with Gasteiger partial charge in [0.1, 0.15) is 5.75 Å². The monoisotopic (exact) mass is 287 g/mol. The first-order chi connectivity index (χ1) is 9.03. The van der Waals surface area contributed by atoms with E-state index in [0.717, 1.165) is 0 Å². The number of ether oxygens (including phenoxy) is 2. The number of rotatable bonds is 4. The fourth-order valence-electron chi connectivity index (χ4n) is 1.75. The summed E-state index contributed by atoms with van der Waals surface area (Å²) < 4.78 is 38.2. The summed E-state index contributed by atoms with van der Waals surface area (Å²) in [7, 11) is -2.08. The summed E-state index contributed by atoms with van der Waals surface area (Å²) in [5.41, 5.74) is 6.44. The standard InChI is InChI=1S/C11H17N3O4S/c1-17-9-2-3-11(10(12)8-9)13-19(15,16)14-4-6-18-7-5-14/h2-3,8,13H,4-7,12H2,1H3. The number of hydrogen-bond acceptors (Lipinski definition) is 5. The minimum atomic E-state index is -3.60. The Labute approximate surface area is 112 Å². The first-order valence-electron chi connectivity index (χ1n) is 5.82. The molecule has 0 atom stereocenters. The van der Waals surface area contributed by atoms with Gasteiger partial charge < -0.3 is 15.2 Å². The molecule has 1 heterocycles. The molecule has 106 valence electrons. The van der Waals surface area contributed by atoms with Gasteiger partial charge in [-0.15, -0.1) is 0 Å². The van der Waals surface area contributed by atoms with Crippen molar-refractivity contribution >= 4 is 21.6 Å². The minimum Gasteiger partial charge on any atom is -0.497 e. The van der Waals surface area contributed by atoms with Gasteiger partial charge >= 0.3 is 10.2 Å². The molecule has 2 rings (SSSR count). The number of morpholine rings is 1. The molecular formula is C11H17N3O4S. The molecule has 0 aromatic heterocycles. The van der Waals surface area contributed by atoms with E-state index in [-0.39, 0.29) is 0 Å². The number of benzene rings is 1. The highest BCUT2D eigenvalue weighted by molar-refractivity contribution is 7.90. The van der Waals surface area contributed by atoms with Gasteiger partial charge in [-0.2, -0.15) is 12.7 Å². The second kappa shape index (κ2) is 5.64. The summed E-state index contributed by atoms with van der Waals surface area (Å²) >= 11 is 0. The predicted octanol–water partition coefficient (Wildman–Crippen LogP) is 0.266. The number of hydrogen-bond donors (Lipinski definition) is 2. The lowest BCUT2D eigenvalue weighted by atomic mass is 10.2. The average molecular weight is 287 g/mol. The van der Waals surface area contributed by atoms with Crippen molar-refractivity contribution in [1.29, 1.82) is 0 Å². The van der Waals surface area contributed by atoms with Crippen LogP contribution in [0.1, 0.15) is 0 Å². The molecule has 1 aliphatic rings. The first-order valence-corrected chi connectivity index (χ1v) is 7.26. The fraction of sp³-hybridized carbons (Fsp3) is 0.455. The van der Waals surface area contributed by atoms with Crippen LogP contribution in [0, 0.1) is 0 Å². The Morgan fingerprint density at radius 3 is 2.63 bits per heavy atom. The van der Waals surface area contributed by atoms with Crippen LogP contribution < -0.4 is 15.2 Å². The van der Waals surface area contributed by atoms with E-state index < -0.39 is 10.2 Å². The Bertz CT molecular complexity index is 541. The molecule has 0 bridgehead atoms. The fourth-order valence-corrected chi connectivity index (χ4v) is 2.97. The lowest BCUT2D eigenvalue weighted by Crippen LogP contribution is -2.43. The van der Waals surface area contributed by atoms with Gasteiger partial charge in [-0.25, -0.2) is 0 Å². The molecular weight excluding hydrogens is 270 g/mol. The van der Waals surface area contributed by atoms with Crippen LogP contribution >= 0.6 is 0 Å². The van der Waals surface area contributed by atoms with E-state index >= 15 is 0 Å². The summed E-state index contributed by atoms with van der Waals surface area (Å²) in [4.78, 5) is 0. The maximum atomic E-state index is 12.1. The van der Waals surface area contributed by atoms with Crippen LogP contribution in [-0.4, -0.2) is 46.1 Å². The van der Waals surface area contributed by atoms with Crippen molar-refractivity contribution in [2.24, 2.45) is 0 Å². The topological polar surface area (TPSA) is 93.9 Å². The van der Waals surface area contributed by atoms with Crippen LogP contribution in [0.4, 0.5) is 11.4 Å². The molecule has 1 aromatic rings. The number of nitrogen functional groups attached to an aromatic ring is 1. The molecule has 19 heavy (non-hydrogen) atoms. The summed E-state index contributed by atoms with van der Waals surface area (Å²) in [6, 6.07) is 4.79. The second-order valence-electron chi connectivity index (χ2n) is 4.07. The van der Waals surface area contributed by atoms with E-state index in [1.54, 1.807) is 18.2 Å². The summed E-state index contributed by atoms with van der Waals surface area (Å²) in [5.74, 6) is 0.576. The summed E-state index contributed by atoms with van der Waals surface area (Å²) in [6.45, 7) is 1.48. The van der Waals surface area contributed by atoms with Gasteiger partial charge in [0.15, 0.2) is 0 Å². The molecule has 0 aliphatic carbocycles. The molecule has 1 fully saturated rings. The zero-order chi connectivity index (χ0) is 13.9. The highest BCUT2D eigenvalue weighted by Crippen LogP contribution is 2.25. The van der Waals surface area contributed by atoms with Gasteiger partial charge in [0.05, 0.1) is 31.7 Å². The van der Waals surface area contributed by atoms with E-state index in [1.807, 2.05) is 0 Å². The third-order valence-corrected chi connectivity index (χ3v) is 4.33. The van der Waals surface area contributed by atoms with Crippen LogP contribution in [0.25, 0.3) is 0 Å². The first kappa shape index (κ1) is 13.9. The number of nitrogens with one attached hydrogen (secondary N) is 1. The predicted molar refractivity (Wildman–Crippen MR) is 72.3 cm³/mol. The van der Waals surface area contributed by atoms with E-state index in [2.05, 4.69) is 4.72 Å². The average Bonchev–Trinajstić information content (AvgIpc) is 2.42. The number of nitrogens with two attached hydrogens (primary N) is 1. The van der Waals surface area contributed by atoms with Crippen molar-refractivity contribution in [3.8, 4) is 5.75 Å². The van der Waals surface area contributed by atoms with Gasteiger partial charge in [-0.1, -0.05) is 0 Å². The van der Waals surface area contributed by atoms with Crippen LogP contribution in [0.2, 0.25) is 0 Å². The molecule has 0 radical (unpaired) electrons. The molecule has 1 aromatic carbocycles. The highest BCUT2D eigenvalue weighted by atomic mass is 32.2. The molecule has 7 nitrogen and oxygen atoms in total. The SMILES string of the molecule is COc1ccc(NS(=O)(=O)N2CCOCC2)c(N)c1. The van der Waals surface area contributed by atoms with Crippen molar-refractivity contribution in [2.75, 3.05) is 43.9 Å². The van der Waals surface area contributed by atoms with Crippen molar-refractivity contribution in [3.05, 3.63) is 18.2 Å². The summed E-state index contributed by atoms with van der Waals surface area (Å²) in [5, 5.41) is 0. The smallest absolute Gasteiger partial charge is 0.301 e. The van der Waals surface area contributed by atoms with E-state index in [9.17, 15) is 8.42 Å². The largest absolute Gasteiger partial charge is 0.497 e. The van der Waals surface area contributed by atoms with Crippen molar-refractivity contribution < 1.29 is 17.9 Å². The van der Waals surface area contributed by atoms with Gasteiger partial charge in [0, 0.05) is 19.2 Å². The number of anilines is 2. The van der Waals surface area contributed by atoms with Crippen LogP contribution in [0.3, 0.4) is 0 Å². The Kier molecular flexibility index (Phi) is 4.13. The van der Waals surface area contributed by atoms with E-state index in [0.29, 0.717) is 43.4 Å². The zero-order valence-electron chi connectivity index (χ0n) is 10.6. The van der Waals surface area contributed by atoms with Crippen molar-refractivity contribution in [3.63, 3.8) is 0 Å². The molecule has 3 N–H and O–H groups in total. The Balaban J connectivity index is 2.15. The molecule has 1 saturated heterocycles. The molecule has 0 spiro atoms. The Morgan fingerprint density at radius 2 is 2.05 bits per heavy atom. The van der Waals surface area contributed by atoms with Crippen LogP contribution in [0.5, 0.6) is 5.75 Å². The number of nitrogens with zero attached hydrogens (tertiary/aromatic N) is 1. The molecule has 0 amide bonds. The number of methoxy groups -OCH3 is 1. The van der Waals surface area contributed by atoms with Gasteiger partial charge in [0.2, 0.25) is 0 Å². The Hall–Kier alpha value is -1.51. The maximum Gasteiger partial charge on any atom is 0.301 e. The molecule has 0 unspecified atom stereocenters. The lowest BCUT2D eigenvalue weighted by molar-refractivity contribution is 0.0733. The maximum absolute atomic E-state index is 12.1. The van der Waals surface area contributed by atoms with Gasteiger partial charge in [0.25, 0.3) is 0 Å². The lowest BCUT2D eigenvalue weighted by Gasteiger charge is -2.26. The van der Waals surface area contributed by atoms with Crippen LogP contribution in [-0.2, 0) is 14.9 Å². The van der Waals surface area contributed by atoms with Gasteiger partial charge in [-0.3, -0.25) is 4.72 Å². The third kappa shape index (κ3) is 3.28. The molecule has 1 aliphatic heterocycles. The zero-order valence-corrected chi connectivity index (χ0v) is 11.4.